The molecule has 1 aromatic rings. The van der Waals surface area contributed by atoms with E-state index < -0.39 is 0 Å². The van der Waals surface area contributed by atoms with Crippen molar-refractivity contribution in [2.75, 3.05) is 19.7 Å². The van der Waals surface area contributed by atoms with Crippen molar-refractivity contribution < 1.29 is 9.90 Å². The molecule has 0 aromatic carbocycles. The first-order valence-corrected chi connectivity index (χ1v) is 8.08. The molecule has 2 heterocycles. The van der Waals surface area contributed by atoms with Crippen molar-refractivity contribution in [3.8, 4) is 0 Å². The number of hydrogen-bond acceptors (Lipinski definition) is 3. The lowest BCUT2D eigenvalue weighted by molar-refractivity contribution is 0.0222. The van der Waals surface area contributed by atoms with Crippen LogP contribution in [0.25, 0.3) is 0 Å². The van der Waals surface area contributed by atoms with Gasteiger partial charge in [-0.1, -0.05) is 26.7 Å². The Morgan fingerprint density at radius 3 is 2.95 bits per heavy atom. The summed E-state index contributed by atoms with van der Waals surface area (Å²) in [4.78, 5) is 14.7. The van der Waals surface area contributed by atoms with Crippen molar-refractivity contribution in [3.63, 3.8) is 0 Å². The van der Waals surface area contributed by atoms with Crippen LogP contribution in [0.2, 0.25) is 0 Å². The highest BCUT2D eigenvalue weighted by atomic mass is 16.3. The van der Waals surface area contributed by atoms with Crippen LogP contribution in [0.4, 0.5) is 0 Å². The zero-order valence-electron chi connectivity index (χ0n) is 13.2. The quantitative estimate of drug-likeness (QED) is 0.846. The van der Waals surface area contributed by atoms with Gasteiger partial charge in [0.25, 0.3) is 5.91 Å². The van der Waals surface area contributed by atoms with E-state index in [1.807, 2.05) is 4.90 Å². The van der Waals surface area contributed by atoms with Gasteiger partial charge in [0, 0.05) is 24.2 Å². The molecular weight excluding hydrogens is 266 g/mol. The smallest absolute Gasteiger partial charge is 0.257 e. The standard InChI is InChI=1S/C16H27N3O2/c1-3-6-14-13(10-17-18-14)15(21)19-9-5-8-16(11-19,12-20)7-4-2/h10,20H,3-9,11-12H2,1-2H3,(H,17,18). The third kappa shape index (κ3) is 3.46. The summed E-state index contributed by atoms with van der Waals surface area (Å²) in [6.07, 6.45) is 7.45. The van der Waals surface area contributed by atoms with Crippen LogP contribution >= 0.6 is 0 Å². The number of aliphatic hydroxyl groups is 1. The Morgan fingerprint density at radius 1 is 1.48 bits per heavy atom. The first-order valence-electron chi connectivity index (χ1n) is 8.08. The Kier molecular flexibility index (Phi) is 5.39. The zero-order valence-corrected chi connectivity index (χ0v) is 13.2. The Bertz CT molecular complexity index is 468. The number of hydrogen-bond donors (Lipinski definition) is 2. The molecule has 2 N–H and O–H groups in total. The maximum absolute atomic E-state index is 12.7. The van der Waals surface area contributed by atoms with Crippen molar-refractivity contribution in [1.82, 2.24) is 15.1 Å². The summed E-state index contributed by atoms with van der Waals surface area (Å²) in [5.74, 6) is 0.0563. The molecule has 1 aliphatic heterocycles. The number of aryl methyl sites for hydroxylation is 1. The fourth-order valence-corrected chi connectivity index (χ4v) is 3.43. The molecule has 0 bridgehead atoms. The molecule has 1 atom stereocenters. The molecule has 2 rings (SSSR count). The second kappa shape index (κ2) is 7.07. The van der Waals surface area contributed by atoms with Crippen LogP contribution in [0, 0.1) is 5.41 Å². The number of likely N-dealkylation sites (tertiary alicyclic amines) is 1. The van der Waals surface area contributed by atoms with Gasteiger partial charge in [0.1, 0.15) is 0 Å². The highest BCUT2D eigenvalue weighted by Crippen LogP contribution is 2.34. The van der Waals surface area contributed by atoms with Gasteiger partial charge in [0.15, 0.2) is 0 Å². The Hall–Kier alpha value is -1.36. The molecule has 21 heavy (non-hydrogen) atoms. The summed E-state index contributed by atoms with van der Waals surface area (Å²) in [7, 11) is 0. The van der Waals surface area contributed by atoms with Gasteiger partial charge in [-0.2, -0.15) is 5.10 Å². The number of aromatic nitrogens is 2. The van der Waals surface area contributed by atoms with Gasteiger partial charge in [-0.25, -0.2) is 0 Å². The van der Waals surface area contributed by atoms with Crippen LogP contribution in [0.1, 0.15) is 62.0 Å². The number of carbonyl (C=O) groups excluding carboxylic acids is 1. The van der Waals surface area contributed by atoms with Gasteiger partial charge in [-0.05, 0) is 25.7 Å². The summed E-state index contributed by atoms with van der Waals surface area (Å²) in [6, 6.07) is 0. The van der Waals surface area contributed by atoms with E-state index in [0.29, 0.717) is 12.1 Å². The van der Waals surface area contributed by atoms with Crippen LogP contribution in [0.5, 0.6) is 0 Å². The molecule has 0 saturated carbocycles. The zero-order chi connectivity index (χ0) is 15.3. The van der Waals surface area contributed by atoms with E-state index in [4.69, 9.17) is 0 Å². The van der Waals surface area contributed by atoms with Crippen LogP contribution < -0.4 is 0 Å². The first-order chi connectivity index (χ1) is 10.2. The topological polar surface area (TPSA) is 69.2 Å². The Morgan fingerprint density at radius 2 is 2.29 bits per heavy atom. The van der Waals surface area contributed by atoms with E-state index in [0.717, 1.165) is 50.8 Å². The van der Waals surface area contributed by atoms with E-state index in [2.05, 4.69) is 24.0 Å². The van der Waals surface area contributed by atoms with Crippen molar-refractivity contribution >= 4 is 5.91 Å². The van der Waals surface area contributed by atoms with Gasteiger partial charge >= 0.3 is 0 Å². The van der Waals surface area contributed by atoms with Gasteiger partial charge in [-0.3, -0.25) is 9.89 Å². The highest BCUT2D eigenvalue weighted by Gasteiger charge is 2.36. The van der Waals surface area contributed by atoms with Gasteiger partial charge in [-0.15, -0.1) is 0 Å². The molecule has 1 aromatic heterocycles. The molecule has 0 aliphatic carbocycles. The summed E-state index contributed by atoms with van der Waals surface area (Å²) < 4.78 is 0. The lowest BCUT2D eigenvalue weighted by Crippen LogP contribution is -2.48. The molecule has 0 spiro atoms. The minimum Gasteiger partial charge on any atom is -0.396 e. The van der Waals surface area contributed by atoms with Crippen molar-refractivity contribution in [3.05, 3.63) is 17.5 Å². The minimum absolute atomic E-state index is 0.0563. The largest absolute Gasteiger partial charge is 0.396 e. The third-order valence-electron chi connectivity index (χ3n) is 4.51. The molecule has 1 unspecified atom stereocenters. The maximum atomic E-state index is 12.7. The molecule has 1 fully saturated rings. The van der Waals surface area contributed by atoms with Crippen molar-refractivity contribution in [2.45, 2.75) is 52.4 Å². The van der Waals surface area contributed by atoms with E-state index >= 15 is 0 Å². The summed E-state index contributed by atoms with van der Waals surface area (Å²) in [6.45, 7) is 5.83. The average molecular weight is 293 g/mol. The average Bonchev–Trinajstić information content (AvgIpc) is 2.96. The van der Waals surface area contributed by atoms with Crippen LogP contribution in [-0.2, 0) is 6.42 Å². The molecule has 0 radical (unpaired) electrons. The van der Waals surface area contributed by atoms with Gasteiger partial charge in [0.2, 0.25) is 0 Å². The number of H-pyrrole nitrogens is 1. The molecule has 118 valence electrons. The lowest BCUT2D eigenvalue weighted by atomic mass is 9.77. The van der Waals surface area contributed by atoms with Crippen LogP contribution in [-0.4, -0.2) is 45.8 Å². The molecule has 5 heteroatoms. The van der Waals surface area contributed by atoms with Crippen molar-refractivity contribution in [2.24, 2.45) is 5.41 Å². The van der Waals surface area contributed by atoms with Crippen LogP contribution in [0.15, 0.2) is 6.20 Å². The number of aliphatic hydroxyl groups excluding tert-OH is 1. The summed E-state index contributed by atoms with van der Waals surface area (Å²) >= 11 is 0. The molecular formula is C16H27N3O2. The van der Waals surface area contributed by atoms with E-state index in [-0.39, 0.29) is 17.9 Å². The Balaban J connectivity index is 2.13. The SMILES string of the molecule is CCCc1[nH]ncc1C(=O)N1CCCC(CO)(CCC)C1. The molecule has 1 amide bonds. The summed E-state index contributed by atoms with van der Waals surface area (Å²) in [5.41, 5.74) is 1.51. The molecule has 5 nitrogen and oxygen atoms in total. The number of nitrogens with one attached hydrogen (secondary N) is 1. The van der Waals surface area contributed by atoms with Gasteiger partial charge in [0.05, 0.1) is 18.4 Å². The summed E-state index contributed by atoms with van der Waals surface area (Å²) in [5, 5.41) is 16.8. The fourth-order valence-electron chi connectivity index (χ4n) is 3.43. The molecule has 1 saturated heterocycles. The number of rotatable bonds is 6. The number of carbonyl (C=O) groups is 1. The van der Waals surface area contributed by atoms with E-state index in [1.54, 1.807) is 6.20 Å². The predicted octanol–water partition coefficient (Wildman–Crippen LogP) is 2.38. The van der Waals surface area contributed by atoms with Crippen molar-refractivity contribution in [1.29, 1.82) is 0 Å². The number of piperidine rings is 1. The minimum atomic E-state index is -0.114. The van der Waals surface area contributed by atoms with E-state index in [1.165, 1.54) is 0 Å². The number of aromatic amines is 1. The van der Waals surface area contributed by atoms with E-state index in [9.17, 15) is 9.90 Å². The fraction of sp³-hybridized carbons (Fsp3) is 0.750. The predicted molar refractivity (Wildman–Crippen MR) is 82.1 cm³/mol. The second-order valence-electron chi connectivity index (χ2n) is 6.25. The Labute approximate surface area is 126 Å². The second-order valence-corrected chi connectivity index (χ2v) is 6.25. The third-order valence-corrected chi connectivity index (χ3v) is 4.51. The van der Waals surface area contributed by atoms with Gasteiger partial charge < -0.3 is 10.0 Å². The molecule has 1 aliphatic rings. The highest BCUT2D eigenvalue weighted by molar-refractivity contribution is 5.95. The first kappa shape index (κ1) is 16.0. The number of amides is 1. The normalized spacial score (nSPS) is 22.5. The number of nitrogens with zero attached hydrogens (tertiary/aromatic N) is 2. The lowest BCUT2D eigenvalue weighted by Gasteiger charge is -2.41. The maximum Gasteiger partial charge on any atom is 0.257 e. The van der Waals surface area contributed by atoms with Crippen LogP contribution in [0.3, 0.4) is 0 Å². The monoisotopic (exact) mass is 293 g/mol.